The Morgan fingerprint density at radius 2 is 2.04 bits per heavy atom. The zero-order valence-corrected chi connectivity index (χ0v) is 16.5. The van der Waals surface area contributed by atoms with Gasteiger partial charge in [0, 0.05) is 18.2 Å². The number of fused-ring (bicyclic) bond motifs is 1. The number of benzene rings is 1. The van der Waals surface area contributed by atoms with Crippen LogP contribution in [0.25, 0.3) is 6.08 Å². The highest BCUT2D eigenvalue weighted by atomic mass is 32.2. The van der Waals surface area contributed by atoms with Crippen molar-refractivity contribution in [1.82, 2.24) is 0 Å². The number of Topliss-reactive ketones (excluding diaryl/α,β-unsaturated/α-hetero) is 1. The van der Waals surface area contributed by atoms with Gasteiger partial charge in [0.15, 0.2) is 12.4 Å². The van der Waals surface area contributed by atoms with Gasteiger partial charge in [0.05, 0.1) is 11.4 Å². The fourth-order valence-electron chi connectivity index (χ4n) is 2.95. The third-order valence-corrected chi connectivity index (χ3v) is 6.23. The highest BCUT2D eigenvalue weighted by Crippen LogP contribution is 2.31. The summed E-state index contributed by atoms with van der Waals surface area (Å²) in [4.78, 5) is 24.1. The molecule has 0 saturated carbocycles. The van der Waals surface area contributed by atoms with Crippen LogP contribution in [0.1, 0.15) is 34.4 Å². The topological polar surface area (TPSA) is 93.9 Å². The third kappa shape index (κ3) is 4.33. The molecule has 0 atom stereocenters. The number of anilines is 1. The fourth-order valence-corrected chi connectivity index (χ4v) is 4.11. The monoisotopic (exact) mass is 403 g/mol. The summed E-state index contributed by atoms with van der Waals surface area (Å²) in [5.74, 6) is 0.267. The molecule has 28 heavy (non-hydrogen) atoms. The summed E-state index contributed by atoms with van der Waals surface area (Å²) in [5, 5.41) is 0. The van der Waals surface area contributed by atoms with Crippen molar-refractivity contribution in [3.05, 3.63) is 59.1 Å². The number of ketones is 1. The van der Waals surface area contributed by atoms with Gasteiger partial charge in [-0.3, -0.25) is 9.10 Å². The number of carbonyl (C=O) groups is 2. The molecule has 1 aliphatic heterocycles. The van der Waals surface area contributed by atoms with Crippen LogP contribution in [-0.4, -0.2) is 39.1 Å². The van der Waals surface area contributed by atoms with Gasteiger partial charge in [-0.25, -0.2) is 13.2 Å². The molecule has 8 heteroatoms. The summed E-state index contributed by atoms with van der Waals surface area (Å²) < 4.78 is 35.9. The first-order chi connectivity index (χ1) is 13.3. The standard InChI is InChI=1S/C20H21NO6S/c1-3-28(24,25)21-11-10-15-12-16(5-8-18(15)21)19(22)13-26-20(23)9-7-17-6-4-14(2)27-17/h4-9,12H,3,10-11,13H2,1-2H3/b9-7+. The lowest BCUT2D eigenvalue weighted by Gasteiger charge is -2.18. The zero-order valence-electron chi connectivity index (χ0n) is 15.7. The molecule has 2 heterocycles. The Morgan fingerprint density at radius 3 is 2.71 bits per heavy atom. The molecule has 0 fully saturated rings. The van der Waals surface area contributed by atoms with Crippen LogP contribution in [0, 0.1) is 6.92 Å². The van der Waals surface area contributed by atoms with E-state index < -0.39 is 22.6 Å². The van der Waals surface area contributed by atoms with Gasteiger partial charge in [0.25, 0.3) is 0 Å². The maximum Gasteiger partial charge on any atom is 0.331 e. The van der Waals surface area contributed by atoms with Gasteiger partial charge >= 0.3 is 5.97 Å². The quantitative estimate of drug-likeness (QED) is 0.401. The third-order valence-electron chi connectivity index (χ3n) is 4.45. The van der Waals surface area contributed by atoms with E-state index in [-0.39, 0.29) is 11.5 Å². The second-order valence-corrected chi connectivity index (χ2v) is 8.56. The Bertz CT molecular complexity index is 1030. The fraction of sp³-hybridized carbons (Fsp3) is 0.300. The van der Waals surface area contributed by atoms with E-state index in [0.29, 0.717) is 30.0 Å². The molecule has 0 amide bonds. The van der Waals surface area contributed by atoms with Gasteiger partial charge in [0.2, 0.25) is 10.0 Å². The average molecular weight is 403 g/mol. The molecule has 0 saturated heterocycles. The smallest absolute Gasteiger partial charge is 0.331 e. The predicted molar refractivity (Wildman–Crippen MR) is 105 cm³/mol. The van der Waals surface area contributed by atoms with Crippen LogP contribution in [0.3, 0.4) is 0 Å². The SMILES string of the molecule is CCS(=O)(=O)N1CCc2cc(C(=O)COC(=O)/C=C/c3ccc(C)o3)ccc21. The number of hydrogen-bond acceptors (Lipinski definition) is 6. The molecule has 0 unspecified atom stereocenters. The van der Waals surface area contributed by atoms with E-state index in [9.17, 15) is 18.0 Å². The van der Waals surface area contributed by atoms with Crippen molar-refractivity contribution in [2.75, 3.05) is 23.2 Å². The molecule has 1 aliphatic rings. The average Bonchev–Trinajstić information content (AvgIpc) is 3.30. The van der Waals surface area contributed by atoms with Gasteiger partial charge in [-0.2, -0.15) is 0 Å². The first-order valence-corrected chi connectivity index (χ1v) is 10.5. The van der Waals surface area contributed by atoms with Crippen molar-refractivity contribution in [3.8, 4) is 0 Å². The number of carbonyl (C=O) groups excluding carboxylic acids is 2. The maximum absolute atomic E-state index is 12.3. The Kier molecular flexibility index (Phi) is 5.69. The van der Waals surface area contributed by atoms with Crippen molar-refractivity contribution in [2.24, 2.45) is 0 Å². The van der Waals surface area contributed by atoms with Crippen molar-refractivity contribution in [3.63, 3.8) is 0 Å². The molecular formula is C20H21NO6S. The van der Waals surface area contributed by atoms with Crippen LogP contribution in [0.15, 0.2) is 40.8 Å². The van der Waals surface area contributed by atoms with Crippen LogP contribution in [-0.2, 0) is 26.0 Å². The number of ether oxygens (including phenoxy) is 1. The summed E-state index contributed by atoms with van der Waals surface area (Å²) in [5.41, 5.74) is 1.78. The van der Waals surface area contributed by atoms with Crippen LogP contribution >= 0.6 is 0 Å². The molecule has 1 aromatic carbocycles. The number of nitrogens with zero attached hydrogens (tertiary/aromatic N) is 1. The van der Waals surface area contributed by atoms with Gasteiger partial charge in [-0.1, -0.05) is 0 Å². The highest BCUT2D eigenvalue weighted by molar-refractivity contribution is 7.92. The van der Waals surface area contributed by atoms with Crippen molar-refractivity contribution < 1.29 is 27.2 Å². The predicted octanol–water partition coefficient (Wildman–Crippen LogP) is 2.74. The van der Waals surface area contributed by atoms with E-state index >= 15 is 0 Å². The molecule has 1 aromatic heterocycles. The molecule has 2 aromatic rings. The van der Waals surface area contributed by atoms with Crippen LogP contribution in [0.2, 0.25) is 0 Å². The molecule has 0 bridgehead atoms. The van der Waals surface area contributed by atoms with E-state index in [0.717, 1.165) is 11.3 Å². The molecule has 0 radical (unpaired) electrons. The summed E-state index contributed by atoms with van der Waals surface area (Å²) in [6.45, 7) is 3.37. The molecule has 0 N–H and O–H groups in total. The van der Waals surface area contributed by atoms with Gasteiger partial charge < -0.3 is 9.15 Å². The molecule has 148 valence electrons. The summed E-state index contributed by atoms with van der Waals surface area (Å²) in [7, 11) is -3.33. The Hall–Kier alpha value is -2.87. The van der Waals surface area contributed by atoms with E-state index in [2.05, 4.69) is 0 Å². The zero-order chi connectivity index (χ0) is 20.3. The molecule has 0 spiro atoms. The second kappa shape index (κ2) is 8.02. The van der Waals surface area contributed by atoms with E-state index in [1.165, 1.54) is 16.5 Å². The number of rotatable bonds is 7. The largest absolute Gasteiger partial charge is 0.462 e. The van der Waals surface area contributed by atoms with Gasteiger partial charge in [-0.05, 0) is 62.2 Å². The minimum Gasteiger partial charge on any atom is -0.462 e. The van der Waals surface area contributed by atoms with Gasteiger partial charge in [0.1, 0.15) is 11.5 Å². The summed E-state index contributed by atoms with van der Waals surface area (Å²) >= 11 is 0. The Balaban J connectivity index is 1.61. The normalized spacial score (nSPS) is 13.7. The van der Waals surface area contributed by atoms with E-state index in [4.69, 9.17) is 9.15 Å². The maximum atomic E-state index is 12.3. The Morgan fingerprint density at radius 1 is 1.25 bits per heavy atom. The van der Waals surface area contributed by atoms with Gasteiger partial charge in [-0.15, -0.1) is 0 Å². The van der Waals surface area contributed by atoms with Crippen molar-refractivity contribution in [1.29, 1.82) is 0 Å². The lowest BCUT2D eigenvalue weighted by atomic mass is 10.1. The minimum absolute atomic E-state index is 0.0220. The van der Waals surface area contributed by atoms with Crippen LogP contribution in [0.5, 0.6) is 0 Å². The summed E-state index contributed by atoms with van der Waals surface area (Å²) in [6.07, 6.45) is 3.21. The van der Waals surface area contributed by atoms with E-state index in [1.54, 1.807) is 44.2 Å². The van der Waals surface area contributed by atoms with E-state index in [1.807, 2.05) is 0 Å². The van der Waals surface area contributed by atoms with Crippen molar-refractivity contribution >= 4 is 33.5 Å². The molecular weight excluding hydrogens is 382 g/mol. The van der Waals surface area contributed by atoms with Crippen LogP contribution < -0.4 is 4.31 Å². The lowest BCUT2D eigenvalue weighted by molar-refractivity contribution is -0.136. The molecule has 7 nitrogen and oxygen atoms in total. The number of sulfonamides is 1. The minimum atomic E-state index is -3.33. The first-order valence-electron chi connectivity index (χ1n) is 8.88. The number of furan rings is 1. The Labute approximate surface area is 163 Å². The highest BCUT2D eigenvalue weighted by Gasteiger charge is 2.28. The number of aryl methyl sites for hydroxylation is 1. The summed E-state index contributed by atoms with van der Waals surface area (Å²) in [6, 6.07) is 8.34. The van der Waals surface area contributed by atoms with Crippen molar-refractivity contribution in [2.45, 2.75) is 20.3 Å². The first kappa shape index (κ1) is 19.9. The number of hydrogen-bond donors (Lipinski definition) is 0. The molecule has 0 aliphatic carbocycles. The number of esters is 1. The molecule has 3 rings (SSSR count). The lowest BCUT2D eigenvalue weighted by Crippen LogP contribution is -2.30. The van der Waals surface area contributed by atoms with Crippen LogP contribution in [0.4, 0.5) is 5.69 Å². The second-order valence-electron chi connectivity index (χ2n) is 6.38.